The first-order valence-corrected chi connectivity index (χ1v) is 9.55. The van der Waals surface area contributed by atoms with Gasteiger partial charge in [-0.25, -0.2) is 4.98 Å². The van der Waals surface area contributed by atoms with Gasteiger partial charge in [0.25, 0.3) is 5.91 Å². The van der Waals surface area contributed by atoms with E-state index >= 15 is 0 Å². The zero-order chi connectivity index (χ0) is 19.1. The van der Waals surface area contributed by atoms with Crippen molar-refractivity contribution in [3.05, 3.63) is 53.6 Å². The highest BCUT2D eigenvalue weighted by atomic mass is 16.7. The molecule has 1 aromatic heterocycles. The van der Waals surface area contributed by atoms with E-state index in [1.54, 1.807) is 18.2 Å². The molecule has 2 aromatic carbocycles. The number of aryl methyl sites for hydroxylation is 1. The first kappa shape index (κ1) is 16.9. The molecular weight excluding hydrogens is 354 g/mol. The molecule has 2 aliphatic heterocycles. The molecule has 0 radical (unpaired) electrons. The molecule has 5 rings (SSSR count). The Labute approximate surface area is 163 Å². The molecule has 0 unspecified atom stereocenters. The maximum absolute atomic E-state index is 12.6. The number of aromatic nitrogens is 1. The minimum Gasteiger partial charge on any atom is -0.454 e. The van der Waals surface area contributed by atoms with Gasteiger partial charge in [0.05, 0.1) is 5.52 Å². The highest BCUT2D eigenvalue weighted by Crippen LogP contribution is 2.33. The van der Waals surface area contributed by atoms with E-state index < -0.39 is 0 Å². The predicted molar refractivity (Wildman–Crippen MR) is 108 cm³/mol. The minimum absolute atomic E-state index is 0.183. The molecule has 3 aromatic rings. The SMILES string of the molecule is Cc1cc(N2CCCC2)nc2ccc(NC(=O)c3ccc4c(c3)OCO4)cc12. The number of rotatable bonds is 3. The van der Waals surface area contributed by atoms with Crippen LogP contribution in [0.25, 0.3) is 10.9 Å². The summed E-state index contributed by atoms with van der Waals surface area (Å²) in [4.78, 5) is 19.8. The van der Waals surface area contributed by atoms with Crippen molar-refractivity contribution >= 4 is 28.3 Å². The topological polar surface area (TPSA) is 63.7 Å². The minimum atomic E-state index is -0.183. The number of nitrogens with zero attached hydrogens (tertiary/aromatic N) is 2. The molecule has 1 saturated heterocycles. The van der Waals surface area contributed by atoms with Gasteiger partial charge in [0, 0.05) is 29.7 Å². The lowest BCUT2D eigenvalue weighted by Crippen LogP contribution is -2.19. The van der Waals surface area contributed by atoms with Crippen molar-refractivity contribution in [3.63, 3.8) is 0 Å². The molecule has 1 amide bonds. The van der Waals surface area contributed by atoms with Crippen molar-refractivity contribution in [1.29, 1.82) is 0 Å². The Morgan fingerprint density at radius 1 is 1.04 bits per heavy atom. The zero-order valence-corrected chi connectivity index (χ0v) is 15.7. The second-order valence-corrected chi connectivity index (χ2v) is 7.25. The van der Waals surface area contributed by atoms with Gasteiger partial charge in [-0.2, -0.15) is 0 Å². The van der Waals surface area contributed by atoms with Gasteiger partial charge in [0.2, 0.25) is 6.79 Å². The standard InChI is InChI=1S/C22H21N3O3/c1-14-10-21(25-8-2-3-9-25)24-18-6-5-16(12-17(14)18)23-22(26)15-4-7-19-20(11-15)28-13-27-19/h4-7,10-12H,2-3,8-9,13H2,1H3,(H,23,26). The van der Waals surface area contributed by atoms with Crippen LogP contribution in [0.4, 0.5) is 11.5 Å². The lowest BCUT2D eigenvalue weighted by Gasteiger charge is -2.18. The van der Waals surface area contributed by atoms with Crippen molar-refractivity contribution in [2.24, 2.45) is 0 Å². The number of benzene rings is 2. The molecule has 1 fully saturated rings. The molecule has 142 valence electrons. The van der Waals surface area contributed by atoms with Crippen LogP contribution in [0.5, 0.6) is 11.5 Å². The second-order valence-electron chi connectivity index (χ2n) is 7.25. The first-order chi connectivity index (χ1) is 13.7. The molecule has 3 heterocycles. The fourth-order valence-corrected chi connectivity index (χ4v) is 3.80. The largest absolute Gasteiger partial charge is 0.454 e. The molecule has 0 saturated carbocycles. The number of amides is 1. The van der Waals surface area contributed by atoms with Gasteiger partial charge in [0.1, 0.15) is 5.82 Å². The van der Waals surface area contributed by atoms with Crippen LogP contribution in [-0.4, -0.2) is 30.8 Å². The number of fused-ring (bicyclic) bond motifs is 2. The third kappa shape index (κ3) is 3.01. The van der Waals surface area contributed by atoms with Crippen molar-refractivity contribution in [2.45, 2.75) is 19.8 Å². The van der Waals surface area contributed by atoms with Crippen LogP contribution in [0.1, 0.15) is 28.8 Å². The summed E-state index contributed by atoms with van der Waals surface area (Å²) in [6, 6.07) is 13.2. The van der Waals surface area contributed by atoms with E-state index in [2.05, 4.69) is 23.2 Å². The van der Waals surface area contributed by atoms with Crippen LogP contribution in [0.15, 0.2) is 42.5 Å². The lowest BCUT2D eigenvalue weighted by molar-refractivity contribution is 0.102. The number of carbonyl (C=O) groups excluding carboxylic acids is 1. The third-order valence-electron chi connectivity index (χ3n) is 5.32. The summed E-state index contributed by atoms with van der Waals surface area (Å²) in [6.45, 7) is 4.42. The monoisotopic (exact) mass is 375 g/mol. The molecule has 0 bridgehead atoms. The summed E-state index contributed by atoms with van der Waals surface area (Å²) in [5, 5.41) is 4.01. The average Bonchev–Trinajstić information content (AvgIpc) is 3.39. The van der Waals surface area contributed by atoms with E-state index in [-0.39, 0.29) is 12.7 Å². The Morgan fingerprint density at radius 2 is 1.86 bits per heavy atom. The van der Waals surface area contributed by atoms with Crippen LogP contribution in [0.2, 0.25) is 0 Å². The molecule has 1 N–H and O–H groups in total. The summed E-state index contributed by atoms with van der Waals surface area (Å²) < 4.78 is 10.6. The van der Waals surface area contributed by atoms with Crippen LogP contribution >= 0.6 is 0 Å². The highest BCUT2D eigenvalue weighted by molar-refractivity contribution is 6.05. The Bertz CT molecular complexity index is 1070. The summed E-state index contributed by atoms with van der Waals surface area (Å²) in [5.41, 5.74) is 3.38. The fourth-order valence-electron chi connectivity index (χ4n) is 3.80. The van der Waals surface area contributed by atoms with Gasteiger partial charge in [-0.15, -0.1) is 0 Å². The predicted octanol–water partition coefficient (Wildman–Crippen LogP) is 4.12. The lowest BCUT2D eigenvalue weighted by atomic mass is 10.1. The van der Waals surface area contributed by atoms with Crippen molar-refractivity contribution in [2.75, 3.05) is 30.1 Å². The highest BCUT2D eigenvalue weighted by Gasteiger charge is 2.17. The number of ether oxygens (including phenoxy) is 2. The van der Waals surface area contributed by atoms with E-state index in [0.29, 0.717) is 17.1 Å². The van der Waals surface area contributed by atoms with E-state index in [9.17, 15) is 4.79 Å². The van der Waals surface area contributed by atoms with E-state index in [1.165, 1.54) is 12.8 Å². The molecular formula is C22H21N3O3. The van der Waals surface area contributed by atoms with Gasteiger partial charge < -0.3 is 19.7 Å². The van der Waals surface area contributed by atoms with Gasteiger partial charge in [-0.3, -0.25) is 4.79 Å². The molecule has 6 heteroatoms. The number of hydrogen-bond acceptors (Lipinski definition) is 5. The number of pyridine rings is 1. The first-order valence-electron chi connectivity index (χ1n) is 9.55. The molecule has 6 nitrogen and oxygen atoms in total. The van der Waals surface area contributed by atoms with Crippen molar-refractivity contribution in [1.82, 2.24) is 4.98 Å². The smallest absolute Gasteiger partial charge is 0.255 e. The molecule has 0 atom stereocenters. The second kappa shape index (κ2) is 6.71. The number of carbonyl (C=O) groups is 1. The molecule has 0 spiro atoms. The summed E-state index contributed by atoms with van der Waals surface area (Å²) in [5.74, 6) is 2.12. The normalized spacial score (nSPS) is 15.2. The zero-order valence-electron chi connectivity index (χ0n) is 15.7. The Morgan fingerprint density at radius 3 is 2.71 bits per heavy atom. The van der Waals surface area contributed by atoms with Crippen molar-refractivity contribution < 1.29 is 14.3 Å². The number of hydrogen-bond donors (Lipinski definition) is 1. The average molecular weight is 375 g/mol. The summed E-state index contributed by atoms with van der Waals surface area (Å²) in [6.07, 6.45) is 2.45. The van der Waals surface area contributed by atoms with Crippen LogP contribution in [0.3, 0.4) is 0 Å². The van der Waals surface area contributed by atoms with Gasteiger partial charge in [-0.05, 0) is 67.8 Å². The van der Waals surface area contributed by atoms with E-state index in [1.807, 2.05) is 18.2 Å². The maximum atomic E-state index is 12.6. The molecule has 0 aliphatic carbocycles. The van der Waals surface area contributed by atoms with Gasteiger partial charge in [0.15, 0.2) is 11.5 Å². The van der Waals surface area contributed by atoms with E-state index in [0.717, 1.165) is 41.1 Å². The quantitative estimate of drug-likeness (QED) is 0.746. The molecule has 2 aliphatic rings. The number of nitrogens with one attached hydrogen (secondary N) is 1. The van der Waals surface area contributed by atoms with Crippen LogP contribution in [0, 0.1) is 6.92 Å². The number of anilines is 2. The van der Waals surface area contributed by atoms with Crippen molar-refractivity contribution in [3.8, 4) is 11.5 Å². The maximum Gasteiger partial charge on any atom is 0.255 e. The van der Waals surface area contributed by atoms with Crippen LogP contribution < -0.4 is 19.7 Å². The van der Waals surface area contributed by atoms with E-state index in [4.69, 9.17) is 14.5 Å². The Kier molecular flexibility index (Phi) is 4.04. The summed E-state index contributed by atoms with van der Waals surface area (Å²) in [7, 11) is 0. The third-order valence-corrected chi connectivity index (χ3v) is 5.32. The Hall–Kier alpha value is -3.28. The fraction of sp³-hybridized carbons (Fsp3) is 0.273. The molecule has 28 heavy (non-hydrogen) atoms. The Balaban J connectivity index is 1.41. The van der Waals surface area contributed by atoms with Gasteiger partial charge in [-0.1, -0.05) is 0 Å². The van der Waals surface area contributed by atoms with Gasteiger partial charge >= 0.3 is 0 Å². The summed E-state index contributed by atoms with van der Waals surface area (Å²) >= 11 is 0. The van der Waals surface area contributed by atoms with Crippen LogP contribution in [-0.2, 0) is 0 Å².